The Labute approximate surface area is 107 Å². The van der Waals surface area contributed by atoms with Crippen LogP contribution in [-0.2, 0) is 4.74 Å². The zero-order chi connectivity index (χ0) is 12.1. The summed E-state index contributed by atoms with van der Waals surface area (Å²) in [7, 11) is 0. The first-order valence-electron chi connectivity index (χ1n) is 5.92. The van der Waals surface area contributed by atoms with Gasteiger partial charge in [-0.05, 0) is 13.0 Å². The SMILES string of the molecule is CC(CNc1ccncc1Cl)N1CCOCC1. The van der Waals surface area contributed by atoms with Crippen LogP contribution >= 0.6 is 11.6 Å². The lowest BCUT2D eigenvalue weighted by atomic mass is 10.2. The van der Waals surface area contributed by atoms with Gasteiger partial charge in [0.25, 0.3) is 0 Å². The Morgan fingerprint density at radius 1 is 1.53 bits per heavy atom. The van der Waals surface area contributed by atoms with Gasteiger partial charge in [-0.25, -0.2) is 0 Å². The first-order chi connectivity index (χ1) is 8.27. The lowest BCUT2D eigenvalue weighted by molar-refractivity contribution is 0.0227. The fraction of sp³-hybridized carbons (Fsp3) is 0.583. The van der Waals surface area contributed by atoms with Gasteiger partial charge in [-0.2, -0.15) is 0 Å². The molecule has 1 N–H and O–H groups in total. The number of ether oxygens (including phenoxy) is 1. The first kappa shape index (κ1) is 12.6. The van der Waals surface area contributed by atoms with Crippen LogP contribution in [0.2, 0.25) is 5.02 Å². The quantitative estimate of drug-likeness (QED) is 0.891. The maximum atomic E-state index is 6.03. The summed E-state index contributed by atoms with van der Waals surface area (Å²) < 4.78 is 5.34. The van der Waals surface area contributed by atoms with Gasteiger partial charge in [0.05, 0.1) is 23.9 Å². The minimum atomic E-state index is 0.475. The molecular formula is C12H18ClN3O. The van der Waals surface area contributed by atoms with Crippen LogP contribution in [0.3, 0.4) is 0 Å². The Morgan fingerprint density at radius 3 is 3.00 bits per heavy atom. The van der Waals surface area contributed by atoms with Gasteiger partial charge >= 0.3 is 0 Å². The van der Waals surface area contributed by atoms with Crippen molar-refractivity contribution in [1.82, 2.24) is 9.88 Å². The molecule has 4 nitrogen and oxygen atoms in total. The number of morpholine rings is 1. The van der Waals surface area contributed by atoms with E-state index in [-0.39, 0.29) is 0 Å². The third kappa shape index (κ3) is 3.56. The topological polar surface area (TPSA) is 37.4 Å². The second kappa shape index (κ2) is 6.19. The predicted octanol–water partition coefficient (Wildman–Crippen LogP) is 1.87. The van der Waals surface area contributed by atoms with Crippen LogP contribution in [0.25, 0.3) is 0 Å². The average Bonchev–Trinajstić information content (AvgIpc) is 2.38. The summed E-state index contributed by atoms with van der Waals surface area (Å²) in [5, 5.41) is 4.02. The molecule has 1 aliphatic rings. The molecule has 17 heavy (non-hydrogen) atoms. The molecule has 1 aliphatic heterocycles. The minimum Gasteiger partial charge on any atom is -0.382 e. The van der Waals surface area contributed by atoms with E-state index in [1.807, 2.05) is 6.07 Å². The van der Waals surface area contributed by atoms with Crippen molar-refractivity contribution in [2.24, 2.45) is 0 Å². The van der Waals surface area contributed by atoms with Crippen LogP contribution in [0.4, 0.5) is 5.69 Å². The minimum absolute atomic E-state index is 0.475. The summed E-state index contributed by atoms with van der Waals surface area (Å²) in [4.78, 5) is 6.39. The van der Waals surface area contributed by atoms with Crippen molar-refractivity contribution in [2.75, 3.05) is 38.2 Å². The van der Waals surface area contributed by atoms with Crippen LogP contribution < -0.4 is 5.32 Å². The smallest absolute Gasteiger partial charge is 0.0820 e. The molecule has 1 aromatic rings. The summed E-state index contributed by atoms with van der Waals surface area (Å²) in [6, 6.07) is 2.37. The second-order valence-electron chi connectivity index (χ2n) is 4.23. The van der Waals surface area contributed by atoms with E-state index in [0.29, 0.717) is 11.1 Å². The van der Waals surface area contributed by atoms with Gasteiger partial charge in [-0.1, -0.05) is 11.6 Å². The van der Waals surface area contributed by atoms with Crippen LogP contribution in [0.15, 0.2) is 18.5 Å². The molecule has 0 radical (unpaired) electrons. The maximum absolute atomic E-state index is 6.03. The molecule has 0 bridgehead atoms. The summed E-state index contributed by atoms with van der Waals surface area (Å²) in [6.07, 6.45) is 3.40. The van der Waals surface area contributed by atoms with Gasteiger partial charge in [0.1, 0.15) is 0 Å². The molecule has 1 fully saturated rings. The zero-order valence-electron chi connectivity index (χ0n) is 10.0. The standard InChI is InChI=1S/C12H18ClN3O/c1-10(16-4-6-17-7-5-16)8-15-12-2-3-14-9-11(12)13/h2-3,9-10H,4-8H2,1H3,(H,14,15). The molecule has 2 rings (SSSR count). The molecule has 0 spiro atoms. The number of hydrogen-bond acceptors (Lipinski definition) is 4. The third-order valence-electron chi connectivity index (χ3n) is 3.03. The van der Waals surface area contributed by atoms with E-state index in [2.05, 4.69) is 22.1 Å². The molecule has 0 aliphatic carbocycles. The maximum Gasteiger partial charge on any atom is 0.0820 e. The number of aromatic nitrogens is 1. The fourth-order valence-corrected chi connectivity index (χ4v) is 2.11. The average molecular weight is 256 g/mol. The van der Waals surface area contributed by atoms with E-state index >= 15 is 0 Å². The molecule has 0 saturated carbocycles. The van der Waals surface area contributed by atoms with E-state index in [0.717, 1.165) is 38.5 Å². The Balaban J connectivity index is 1.83. The highest BCUT2D eigenvalue weighted by Crippen LogP contribution is 2.19. The Bertz CT molecular complexity index is 355. The van der Waals surface area contributed by atoms with Crippen molar-refractivity contribution in [3.05, 3.63) is 23.5 Å². The number of pyridine rings is 1. The molecule has 5 heteroatoms. The summed E-state index contributed by atoms with van der Waals surface area (Å²) in [6.45, 7) is 6.78. The predicted molar refractivity (Wildman–Crippen MR) is 69.6 cm³/mol. The molecule has 0 aromatic carbocycles. The highest BCUT2D eigenvalue weighted by atomic mass is 35.5. The molecule has 2 heterocycles. The third-order valence-corrected chi connectivity index (χ3v) is 3.33. The highest BCUT2D eigenvalue weighted by Gasteiger charge is 2.16. The van der Waals surface area contributed by atoms with Crippen LogP contribution in [0, 0.1) is 0 Å². The van der Waals surface area contributed by atoms with Gasteiger partial charge in [0.15, 0.2) is 0 Å². The first-order valence-corrected chi connectivity index (χ1v) is 6.30. The van der Waals surface area contributed by atoms with E-state index < -0.39 is 0 Å². The molecular weight excluding hydrogens is 238 g/mol. The van der Waals surface area contributed by atoms with E-state index in [9.17, 15) is 0 Å². The molecule has 1 saturated heterocycles. The van der Waals surface area contributed by atoms with E-state index in [1.165, 1.54) is 0 Å². The molecule has 1 atom stereocenters. The second-order valence-corrected chi connectivity index (χ2v) is 4.64. The number of nitrogens with one attached hydrogen (secondary N) is 1. The fourth-order valence-electron chi connectivity index (χ4n) is 1.92. The summed E-state index contributed by atoms with van der Waals surface area (Å²) >= 11 is 6.03. The van der Waals surface area contributed by atoms with Gasteiger partial charge in [-0.3, -0.25) is 9.88 Å². The number of nitrogens with zero attached hydrogens (tertiary/aromatic N) is 2. The summed E-state index contributed by atoms with van der Waals surface area (Å²) in [5.41, 5.74) is 0.946. The lowest BCUT2D eigenvalue weighted by Gasteiger charge is -2.32. The van der Waals surface area contributed by atoms with E-state index in [4.69, 9.17) is 16.3 Å². The van der Waals surface area contributed by atoms with Gasteiger partial charge in [-0.15, -0.1) is 0 Å². The largest absolute Gasteiger partial charge is 0.382 e. The van der Waals surface area contributed by atoms with Crippen molar-refractivity contribution in [1.29, 1.82) is 0 Å². The van der Waals surface area contributed by atoms with Gasteiger partial charge < -0.3 is 10.1 Å². The Morgan fingerprint density at radius 2 is 2.29 bits per heavy atom. The normalized spacial score (nSPS) is 18.9. The van der Waals surface area contributed by atoms with Crippen LogP contribution in [-0.4, -0.2) is 48.8 Å². The number of hydrogen-bond donors (Lipinski definition) is 1. The van der Waals surface area contributed by atoms with Crippen LogP contribution in [0.1, 0.15) is 6.92 Å². The van der Waals surface area contributed by atoms with Crippen molar-refractivity contribution in [2.45, 2.75) is 13.0 Å². The summed E-state index contributed by atoms with van der Waals surface area (Å²) in [5.74, 6) is 0. The van der Waals surface area contributed by atoms with Gasteiger partial charge in [0, 0.05) is 38.1 Å². The highest BCUT2D eigenvalue weighted by molar-refractivity contribution is 6.33. The Hall–Kier alpha value is -0.840. The Kier molecular flexibility index (Phi) is 4.59. The number of halogens is 1. The zero-order valence-corrected chi connectivity index (χ0v) is 10.8. The number of rotatable bonds is 4. The van der Waals surface area contributed by atoms with Crippen molar-refractivity contribution in [3.8, 4) is 0 Å². The molecule has 94 valence electrons. The molecule has 0 amide bonds. The molecule has 1 unspecified atom stereocenters. The van der Waals surface area contributed by atoms with Crippen molar-refractivity contribution in [3.63, 3.8) is 0 Å². The van der Waals surface area contributed by atoms with Crippen LogP contribution in [0.5, 0.6) is 0 Å². The van der Waals surface area contributed by atoms with Crippen molar-refractivity contribution < 1.29 is 4.74 Å². The van der Waals surface area contributed by atoms with Gasteiger partial charge in [0.2, 0.25) is 0 Å². The van der Waals surface area contributed by atoms with E-state index in [1.54, 1.807) is 12.4 Å². The monoisotopic (exact) mass is 255 g/mol. The van der Waals surface area contributed by atoms with Crippen molar-refractivity contribution >= 4 is 17.3 Å². The lowest BCUT2D eigenvalue weighted by Crippen LogP contribution is -2.45. The number of anilines is 1. The molecule has 1 aromatic heterocycles.